The van der Waals surface area contributed by atoms with Gasteiger partial charge in [-0.3, -0.25) is 0 Å². The van der Waals surface area contributed by atoms with Crippen molar-refractivity contribution in [3.8, 4) is 11.5 Å². The maximum Gasteiger partial charge on any atom is 0.333 e. The molecule has 22 nitrogen and oxygen atoms in total. The first kappa shape index (κ1) is 87.5. The van der Waals surface area contributed by atoms with Crippen molar-refractivity contribution in [3.63, 3.8) is 0 Å². The minimum atomic E-state index is -1.15. The van der Waals surface area contributed by atoms with Gasteiger partial charge in [-0.1, -0.05) is 118 Å². The number of aliphatic hydroxyl groups is 3. The van der Waals surface area contributed by atoms with E-state index in [1.807, 2.05) is 55.5 Å². The first-order valence-corrected chi connectivity index (χ1v) is 29.1. The smallest absolute Gasteiger partial charge is 0.333 e. The Hall–Kier alpha value is -8.70. The Morgan fingerprint density at radius 3 is 0.967 bits per heavy atom. The van der Waals surface area contributed by atoms with Crippen LogP contribution in [0.4, 0.5) is 0 Å². The van der Waals surface area contributed by atoms with Crippen molar-refractivity contribution < 1.29 is 106 Å². The second kappa shape index (κ2) is 47.2. The Labute approximate surface area is 543 Å². The molecule has 0 spiro atoms. The zero-order valence-corrected chi connectivity index (χ0v) is 56.5. The van der Waals surface area contributed by atoms with Crippen molar-refractivity contribution in [2.75, 3.05) is 73.2 Å². The van der Waals surface area contributed by atoms with Gasteiger partial charge in [0.15, 0.2) is 6.29 Å². The zero-order valence-electron chi connectivity index (χ0n) is 56.5. The molecule has 2 aromatic rings. The number of ether oxygens (including phenoxy) is 11. The molecule has 22 heteroatoms. The fourth-order valence-electron chi connectivity index (χ4n) is 5.81. The molecule has 2 aromatic carbocycles. The predicted molar refractivity (Wildman–Crippen MR) is 350 cm³/mol. The highest BCUT2D eigenvalue weighted by atomic mass is 16.6. The number of aliphatic hydroxyl groups excluding tert-OH is 3. The predicted octanol–water partition coefficient (Wildman–Crippen LogP) is 10.1. The van der Waals surface area contributed by atoms with Crippen molar-refractivity contribution in [3.05, 3.63) is 169 Å². The SMILES string of the molecule is C=C(C)C(=O)OC.C=C(C)C(=O)OCC(CC)(COC(=O)C(=C)C)COC(O)C(=C)C.C=C(C)C(=O)OCC(O)COc1ccc(C(C)(C)c2ccc(OCC(O)COC(=O)C(=C)C)cc2)cc1.C=C(C)C(=O)OCCCC.C=C(C)C(=O)OCCOC(=O)C(=C)C. The van der Waals surface area contributed by atoms with E-state index < -0.39 is 59.7 Å². The van der Waals surface area contributed by atoms with Gasteiger partial charge in [0.25, 0.3) is 0 Å². The molecule has 3 unspecified atom stereocenters. The van der Waals surface area contributed by atoms with Crippen LogP contribution in [0.1, 0.15) is 120 Å². The van der Waals surface area contributed by atoms with Crippen LogP contribution in [-0.4, -0.2) is 155 Å². The summed E-state index contributed by atoms with van der Waals surface area (Å²) in [4.78, 5) is 88.7. The van der Waals surface area contributed by atoms with Gasteiger partial charge in [-0.05, 0) is 116 Å². The van der Waals surface area contributed by atoms with Gasteiger partial charge in [0.05, 0.1) is 25.7 Å². The van der Waals surface area contributed by atoms with Crippen LogP contribution >= 0.6 is 0 Å². The summed E-state index contributed by atoms with van der Waals surface area (Å²) in [5, 5.41) is 29.7. The van der Waals surface area contributed by atoms with Gasteiger partial charge in [0.2, 0.25) is 0 Å². The number of unbranched alkanes of at least 4 members (excludes halogenated alkanes) is 1. The summed E-state index contributed by atoms with van der Waals surface area (Å²) in [5.74, 6) is -2.63. The van der Waals surface area contributed by atoms with Crippen LogP contribution in [0, 0.1) is 5.41 Å². The Bertz CT molecular complexity index is 2670. The fourth-order valence-corrected chi connectivity index (χ4v) is 5.81. The quantitative estimate of drug-likeness (QED) is 0.0144. The number of hydrogen-bond acceptors (Lipinski definition) is 22. The molecule has 0 heterocycles. The van der Waals surface area contributed by atoms with Crippen LogP contribution in [0.25, 0.3) is 0 Å². The average molecular weight is 1290 g/mol. The molecule has 0 amide bonds. The van der Waals surface area contributed by atoms with Crippen LogP contribution < -0.4 is 9.47 Å². The molecule has 0 fully saturated rings. The third kappa shape index (κ3) is 40.1. The monoisotopic (exact) mass is 1290 g/mol. The largest absolute Gasteiger partial charge is 0.491 e. The van der Waals surface area contributed by atoms with Crippen LogP contribution in [0.5, 0.6) is 11.5 Å². The number of carbonyl (C=O) groups is 8. The molecule has 0 radical (unpaired) electrons. The minimum absolute atomic E-state index is 0.0152. The summed E-state index contributed by atoms with van der Waals surface area (Å²) in [6.45, 7) is 53.6. The molecule has 512 valence electrons. The van der Waals surface area contributed by atoms with E-state index in [0.29, 0.717) is 52.4 Å². The van der Waals surface area contributed by atoms with Gasteiger partial charge in [-0.25, -0.2) is 38.4 Å². The van der Waals surface area contributed by atoms with Crippen LogP contribution in [0.2, 0.25) is 0 Å². The van der Waals surface area contributed by atoms with Crippen LogP contribution in [-0.2, 0) is 86.4 Å². The third-order valence-corrected chi connectivity index (χ3v) is 11.8. The molecule has 0 aromatic heterocycles. The number of benzene rings is 2. The normalized spacial score (nSPS) is 11.2. The van der Waals surface area contributed by atoms with Crippen molar-refractivity contribution in [2.24, 2.45) is 5.41 Å². The highest BCUT2D eigenvalue weighted by Crippen LogP contribution is 2.33. The van der Waals surface area contributed by atoms with Crippen molar-refractivity contribution >= 4 is 47.8 Å². The first-order chi connectivity index (χ1) is 42.7. The average Bonchev–Trinajstić information content (AvgIpc) is 3.64. The summed E-state index contributed by atoms with van der Waals surface area (Å²) in [6.07, 6.45) is -0.587. The molecule has 0 aliphatic rings. The summed E-state index contributed by atoms with van der Waals surface area (Å²) >= 11 is 0. The first-order valence-electron chi connectivity index (χ1n) is 29.1. The van der Waals surface area contributed by atoms with Gasteiger partial charge in [-0.15, -0.1) is 0 Å². The number of rotatable bonds is 35. The Kier molecular flexibility index (Phi) is 44.9. The molecule has 0 saturated carbocycles. The molecule has 0 saturated heterocycles. The molecular weight excluding hydrogens is 1190 g/mol. The van der Waals surface area contributed by atoms with E-state index in [0.717, 1.165) is 24.0 Å². The molecule has 0 aliphatic carbocycles. The zero-order chi connectivity index (χ0) is 71.5. The minimum Gasteiger partial charge on any atom is -0.491 e. The Morgan fingerprint density at radius 1 is 0.413 bits per heavy atom. The van der Waals surface area contributed by atoms with Gasteiger partial charge < -0.3 is 67.4 Å². The van der Waals surface area contributed by atoms with Crippen molar-refractivity contribution in [2.45, 2.75) is 133 Å². The highest BCUT2D eigenvalue weighted by Gasteiger charge is 2.34. The molecule has 0 aliphatic heterocycles. The van der Waals surface area contributed by atoms with E-state index in [4.69, 9.17) is 37.9 Å². The number of methoxy groups -OCH3 is 1. The Morgan fingerprint density at radius 2 is 0.707 bits per heavy atom. The maximum atomic E-state index is 11.7. The van der Waals surface area contributed by atoms with Crippen molar-refractivity contribution in [1.82, 2.24) is 0 Å². The van der Waals surface area contributed by atoms with E-state index >= 15 is 0 Å². The lowest BCUT2D eigenvalue weighted by atomic mass is 9.78. The number of esters is 8. The lowest BCUT2D eigenvalue weighted by Gasteiger charge is -2.32. The summed E-state index contributed by atoms with van der Waals surface area (Å²) in [7, 11) is 1.33. The summed E-state index contributed by atoms with van der Waals surface area (Å²) < 4.78 is 55.3. The topological polar surface area (TPSA) is 299 Å². The van der Waals surface area contributed by atoms with E-state index in [2.05, 4.69) is 94.2 Å². The number of hydrogen-bond donors (Lipinski definition) is 3. The van der Waals surface area contributed by atoms with E-state index in [1.165, 1.54) is 21.0 Å². The number of carbonyl (C=O) groups excluding carboxylic acids is 8. The van der Waals surface area contributed by atoms with E-state index in [9.17, 15) is 53.7 Å². The summed E-state index contributed by atoms with van der Waals surface area (Å²) in [6, 6.07) is 15.1. The van der Waals surface area contributed by atoms with Gasteiger partial charge in [0.1, 0.15) is 76.6 Å². The standard InChI is InChI=1S/C29H36O8.C18H28O6.C10H14O4.C8H14O2.C5H8O2/c1-19(2)27(32)36-17-23(30)15-34-25-11-7-21(8-12-25)29(5,6)22-9-13-26(14-10-22)35-16-24(31)18-37-28(33)20(3)4;1-8-18(9-22-15(19)12(2)3,10-23-16(20)13(4)5)11-24-17(21)14(6)7;1-7(2)9(11)13-5-6-14-10(12)8(3)4;1-4-5-6-10-8(9)7(2)3;1-4(2)5(6)7-3/h7-14,23-24,30-31H,1,3,15-18H2,2,4-6H3;15,19H,2,4,6,8-11H2,1,3,5,7H3;1,3,5-6H2,2,4H3;2,4-6H2,1,3H3;1H2,2-3H3. The van der Waals surface area contributed by atoms with E-state index in [-0.39, 0.29) is 99.1 Å². The summed E-state index contributed by atoms with van der Waals surface area (Å²) in [5.41, 5.74) is 4.04. The molecule has 3 N–H and O–H groups in total. The molecule has 3 atom stereocenters. The highest BCUT2D eigenvalue weighted by molar-refractivity contribution is 5.89. The second-order valence-corrected chi connectivity index (χ2v) is 21.8. The molecule has 92 heavy (non-hydrogen) atoms. The van der Waals surface area contributed by atoms with Gasteiger partial charge >= 0.3 is 47.8 Å². The van der Waals surface area contributed by atoms with E-state index in [1.54, 1.807) is 48.5 Å². The molecule has 0 bridgehead atoms. The van der Waals surface area contributed by atoms with Crippen LogP contribution in [0.3, 0.4) is 0 Å². The van der Waals surface area contributed by atoms with Gasteiger partial charge in [0, 0.05) is 50.0 Å². The van der Waals surface area contributed by atoms with Gasteiger partial charge in [-0.2, -0.15) is 0 Å². The second-order valence-electron chi connectivity index (χ2n) is 21.8. The molecular formula is C70H100O22. The fraction of sp³-hybridized carbons (Fsp3) is 0.457. The van der Waals surface area contributed by atoms with Crippen LogP contribution in [0.15, 0.2) is 158 Å². The third-order valence-electron chi connectivity index (χ3n) is 11.8. The Balaban J connectivity index is -0.00000122. The molecule has 2 rings (SSSR count). The lowest BCUT2D eigenvalue weighted by Crippen LogP contribution is -2.39. The maximum absolute atomic E-state index is 11.7. The lowest BCUT2D eigenvalue weighted by molar-refractivity contribution is -0.161. The van der Waals surface area contributed by atoms with Crippen molar-refractivity contribution in [1.29, 1.82) is 0 Å².